The van der Waals surface area contributed by atoms with Crippen LogP contribution in [0.3, 0.4) is 0 Å². The number of quaternary nitrogens is 2. The molecule has 0 aromatic heterocycles. The fraction of sp³-hybridized carbons (Fsp3) is 0.391. The number of carbonyl (C=O) groups is 2. The van der Waals surface area contributed by atoms with Crippen LogP contribution in [0.1, 0.15) is 22.3 Å². The molecular formula is C23H32N4O2+2. The summed E-state index contributed by atoms with van der Waals surface area (Å²) in [7, 11) is 0. The number of carbonyl (C=O) groups excluding carboxylic acids is 2. The zero-order valence-corrected chi connectivity index (χ0v) is 17.6. The number of piperazine rings is 1. The number of nitrogens with one attached hydrogen (secondary N) is 4. The van der Waals surface area contributed by atoms with Crippen LogP contribution in [0.25, 0.3) is 0 Å². The van der Waals surface area contributed by atoms with Crippen molar-refractivity contribution in [2.75, 3.05) is 38.0 Å². The molecule has 1 heterocycles. The number of rotatable bonds is 5. The van der Waals surface area contributed by atoms with E-state index in [2.05, 4.69) is 41.8 Å². The molecule has 1 aliphatic rings. The minimum atomic E-state index is -0.468. The zero-order valence-electron chi connectivity index (χ0n) is 17.6. The van der Waals surface area contributed by atoms with E-state index in [1.54, 1.807) is 4.90 Å². The number of urea groups is 1. The highest BCUT2D eigenvalue weighted by atomic mass is 16.2. The molecule has 0 radical (unpaired) electrons. The lowest BCUT2D eigenvalue weighted by molar-refractivity contribution is -1.02. The maximum absolute atomic E-state index is 12.3. The van der Waals surface area contributed by atoms with Gasteiger partial charge in [0.1, 0.15) is 32.7 Å². The van der Waals surface area contributed by atoms with Crippen molar-refractivity contribution in [3.63, 3.8) is 0 Å². The van der Waals surface area contributed by atoms with Gasteiger partial charge in [-0.25, -0.2) is 4.79 Å². The maximum atomic E-state index is 12.3. The second-order valence-electron chi connectivity index (χ2n) is 8.16. The van der Waals surface area contributed by atoms with Gasteiger partial charge in [0, 0.05) is 11.3 Å². The molecule has 2 aromatic carbocycles. The molecule has 0 bridgehead atoms. The zero-order chi connectivity index (χ0) is 20.8. The lowest BCUT2D eigenvalue weighted by Crippen LogP contribution is -3.28. The van der Waals surface area contributed by atoms with Gasteiger partial charge in [-0.1, -0.05) is 47.5 Å². The standard InChI is InChI=1S/C23H30N4O2/c1-17-5-4-6-20(14-17)15-26-9-11-27(12-10-26)16-22(28)25-23(29)24-21-8-7-18(2)13-19(21)3/h4-8,13-14H,9-12,15-16H2,1-3H3,(H2,24,25,28,29)/p+2. The van der Waals surface area contributed by atoms with E-state index in [0.717, 1.165) is 49.5 Å². The van der Waals surface area contributed by atoms with Crippen LogP contribution in [0.2, 0.25) is 0 Å². The van der Waals surface area contributed by atoms with Crippen LogP contribution in [-0.4, -0.2) is 44.7 Å². The summed E-state index contributed by atoms with van der Waals surface area (Å²) in [5, 5.41) is 5.22. The highest BCUT2D eigenvalue weighted by Crippen LogP contribution is 2.15. The summed E-state index contributed by atoms with van der Waals surface area (Å²) in [6.07, 6.45) is 0. The fourth-order valence-electron chi connectivity index (χ4n) is 3.93. The molecule has 1 aliphatic heterocycles. The van der Waals surface area contributed by atoms with E-state index in [1.807, 2.05) is 32.0 Å². The Labute approximate surface area is 172 Å². The summed E-state index contributed by atoms with van der Waals surface area (Å²) in [6.45, 7) is 11.4. The van der Waals surface area contributed by atoms with Gasteiger partial charge in [0.05, 0.1) is 0 Å². The molecule has 29 heavy (non-hydrogen) atoms. The van der Waals surface area contributed by atoms with Crippen LogP contribution in [0.15, 0.2) is 42.5 Å². The van der Waals surface area contributed by atoms with E-state index in [9.17, 15) is 9.59 Å². The predicted octanol–water partition coefficient (Wildman–Crippen LogP) is 0.244. The number of aryl methyl sites for hydroxylation is 3. The van der Waals surface area contributed by atoms with Gasteiger partial charge in [0.2, 0.25) is 0 Å². The highest BCUT2D eigenvalue weighted by molar-refractivity contribution is 6.01. The van der Waals surface area contributed by atoms with Crippen molar-refractivity contribution in [3.05, 3.63) is 64.7 Å². The second-order valence-corrected chi connectivity index (χ2v) is 8.16. The molecule has 2 aromatic rings. The van der Waals surface area contributed by atoms with Crippen molar-refractivity contribution < 1.29 is 19.4 Å². The van der Waals surface area contributed by atoms with Crippen LogP contribution in [0, 0.1) is 20.8 Å². The number of amides is 3. The van der Waals surface area contributed by atoms with Crippen molar-refractivity contribution in [1.29, 1.82) is 0 Å². The minimum Gasteiger partial charge on any atom is -0.322 e. The van der Waals surface area contributed by atoms with Crippen molar-refractivity contribution in [2.24, 2.45) is 0 Å². The summed E-state index contributed by atoms with van der Waals surface area (Å²) in [6, 6.07) is 14.0. The third-order valence-electron chi connectivity index (χ3n) is 5.49. The Kier molecular flexibility index (Phi) is 7.01. The third kappa shape index (κ3) is 6.41. The Morgan fingerprint density at radius 2 is 1.59 bits per heavy atom. The van der Waals surface area contributed by atoms with Crippen LogP contribution >= 0.6 is 0 Å². The van der Waals surface area contributed by atoms with E-state index in [0.29, 0.717) is 6.54 Å². The first-order valence-corrected chi connectivity index (χ1v) is 10.3. The summed E-state index contributed by atoms with van der Waals surface area (Å²) in [5.74, 6) is -0.232. The monoisotopic (exact) mass is 396 g/mol. The van der Waals surface area contributed by atoms with Gasteiger partial charge in [-0.05, 0) is 32.4 Å². The normalized spacial score (nSPS) is 18.9. The SMILES string of the molecule is Cc1cccc(C[NH+]2CC[NH+](CC(=O)NC(=O)Nc3ccc(C)cc3C)CC2)c1. The summed E-state index contributed by atoms with van der Waals surface area (Å²) in [5.41, 5.74) is 5.50. The average molecular weight is 397 g/mol. The smallest absolute Gasteiger partial charge is 0.322 e. The molecule has 3 amide bonds. The van der Waals surface area contributed by atoms with Gasteiger partial charge < -0.3 is 15.1 Å². The molecule has 6 heteroatoms. The average Bonchev–Trinajstić information content (AvgIpc) is 2.65. The first kappa shape index (κ1) is 21.0. The van der Waals surface area contributed by atoms with E-state index < -0.39 is 6.03 Å². The quantitative estimate of drug-likeness (QED) is 0.585. The van der Waals surface area contributed by atoms with Gasteiger partial charge in [0.25, 0.3) is 5.91 Å². The lowest BCUT2D eigenvalue weighted by atomic mass is 10.1. The topological polar surface area (TPSA) is 67.1 Å². The highest BCUT2D eigenvalue weighted by Gasteiger charge is 2.25. The molecule has 0 atom stereocenters. The maximum Gasteiger partial charge on any atom is 0.326 e. The number of hydrogen-bond donors (Lipinski definition) is 4. The van der Waals surface area contributed by atoms with Gasteiger partial charge in [-0.3, -0.25) is 10.1 Å². The Balaban J connectivity index is 1.40. The Morgan fingerprint density at radius 1 is 0.897 bits per heavy atom. The predicted molar refractivity (Wildman–Crippen MR) is 114 cm³/mol. The van der Waals surface area contributed by atoms with E-state index in [1.165, 1.54) is 16.0 Å². The fourth-order valence-corrected chi connectivity index (χ4v) is 3.93. The van der Waals surface area contributed by atoms with Gasteiger partial charge in [-0.2, -0.15) is 0 Å². The number of anilines is 1. The molecule has 6 nitrogen and oxygen atoms in total. The molecule has 0 aliphatic carbocycles. The summed E-state index contributed by atoms with van der Waals surface area (Å²) >= 11 is 0. The van der Waals surface area contributed by atoms with E-state index in [-0.39, 0.29) is 5.91 Å². The van der Waals surface area contributed by atoms with Crippen LogP contribution in [0.5, 0.6) is 0 Å². The molecule has 0 unspecified atom stereocenters. The molecule has 3 rings (SSSR count). The molecule has 154 valence electrons. The number of imide groups is 1. The van der Waals surface area contributed by atoms with Gasteiger partial charge in [-0.15, -0.1) is 0 Å². The van der Waals surface area contributed by atoms with E-state index >= 15 is 0 Å². The van der Waals surface area contributed by atoms with Crippen molar-refractivity contribution in [3.8, 4) is 0 Å². The molecule has 0 saturated carbocycles. The summed E-state index contributed by atoms with van der Waals surface area (Å²) in [4.78, 5) is 27.2. The molecule has 4 N–H and O–H groups in total. The molecule has 1 fully saturated rings. The second kappa shape index (κ2) is 9.67. The minimum absolute atomic E-state index is 0.232. The molecular weight excluding hydrogens is 364 g/mol. The molecule has 1 saturated heterocycles. The molecule has 0 spiro atoms. The first-order valence-electron chi connectivity index (χ1n) is 10.3. The Hall–Kier alpha value is -2.70. The number of hydrogen-bond acceptors (Lipinski definition) is 2. The van der Waals surface area contributed by atoms with E-state index in [4.69, 9.17) is 0 Å². The Bertz CT molecular complexity index is 873. The van der Waals surface area contributed by atoms with Crippen LogP contribution in [-0.2, 0) is 11.3 Å². The summed E-state index contributed by atoms with van der Waals surface area (Å²) < 4.78 is 0. The van der Waals surface area contributed by atoms with Crippen molar-refractivity contribution >= 4 is 17.6 Å². The van der Waals surface area contributed by atoms with Crippen molar-refractivity contribution in [1.82, 2.24) is 5.32 Å². The third-order valence-corrected chi connectivity index (χ3v) is 5.49. The van der Waals surface area contributed by atoms with Gasteiger partial charge >= 0.3 is 6.03 Å². The van der Waals surface area contributed by atoms with Crippen LogP contribution in [0.4, 0.5) is 10.5 Å². The first-order chi connectivity index (χ1) is 13.9. The Morgan fingerprint density at radius 3 is 2.28 bits per heavy atom. The largest absolute Gasteiger partial charge is 0.326 e. The van der Waals surface area contributed by atoms with Crippen molar-refractivity contribution in [2.45, 2.75) is 27.3 Å². The van der Waals surface area contributed by atoms with Crippen LogP contribution < -0.4 is 20.4 Å². The number of benzene rings is 2. The lowest BCUT2D eigenvalue weighted by Gasteiger charge is -2.29. The van der Waals surface area contributed by atoms with Gasteiger partial charge in [0.15, 0.2) is 6.54 Å².